The first-order valence-electron chi connectivity index (χ1n) is 10.3. The standard InChI is InChI=1S/C26H23N3O/c30-26-16-25(22-9-2-4-11-24(22)29-26)28-20-14-12-18(13-15-20)6-5-7-19-17-27-23-10-3-1-8-21(19)23/h1-4,8-17,27H,5-7H2,(H2,28,29,30). The molecule has 0 aliphatic carbocycles. The highest BCUT2D eigenvalue weighted by molar-refractivity contribution is 5.92. The van der Waals surface area contributed by atoms with Crippen molar-refractivity contribution in [2.75, 3.05) is 5.32 Å². The predicted octanol–water partition coefficient (Wildman–Crippen LogP) is 5.93. The van der Waals surface area contributed by atoms with Gasteiger partial charge in [-0.05, 0) is 54.7 Å². The molecule has 2 aromatic heterocycles. The molecule has 2 heterocycles. The molecule has 0 atom stereocenters. The molecule has 0 unspecified atom stereocenters. The van der Waals surface area contributed by atoms with Crippen molar-refractivity contribution in [3.8, 4) is 0 Å². The lowest BCUT2D eigenvalue weighted by atomic mass is 10.0. The van der Waals surface area contributed by atoms with E-state index in [2.05, 4.69) is 70.0 Å². The van der Waals surface area contributed by atoms with Gasteiger partial charge in [0.1, 0.15) is 0 Å². The number of aryl methyl sites for hydroxylation is 2. The van der Waals surface area contributed by atoms with Crippen LogP contribution in [0.5, 0.6) is 0 Å². The van der Waals surface area contributed by atoms with Gasteiger partial charge in [0.15, 0.2) is 0 Å². The summed E-state index contributed by atoms with van der Waals surface area (Å²) < 4.78 is 0. The number of rotatable bonds is 6. The Bertz CT molecular complexity index is 1360. The van der Waals surface area contributed by atoms with Gasteiger partial charge in [0.25, 0.3) is 0 Å². The van der Waals surface area contributed by atoms with Crippen molar-refractivity contribution in [1.29, 1.82) is 0 Å². The summed E-state index contributed by atoms with van der Waals surface area (Å²) in [5.74, 6) is 0. The number of pyridine rings is 1. The number of fused-ring (bicyclic) bond motifs is 2. The van der Waals surface area contributed by atoms with Crippen LogP contribution in [0, 0.1) is 0 Å². The summed E-state index contributed by atoms with van der Waals surface area (Å²) in [7, 11) is 0. The third kappa shape index (κ3) is 3.72. The number of hydrogen-bond acceptors (Lipinski definition) is 2. The number of hydrogen-bond donors (Lipinski definition) is 3. The summed E-state index contributed by atoms with van der Waals surface area (Å²) in [6, 6.07) is 26.4. The summed E-state index contributed by atoms with van der Waals surface area (Å²) >= 11 is 0. The minimum Gasteiger partial charge on any atom is -0.361 e. The largest absolute Gasteiger partial charge is 0.361 e. The topological polar surface area (TPSA) is 60.7 Å². The molecule has 4 nitrogen and oxygen atoms in total. The molecule has 0 spiro atoms. The van der Waals surface area contributed by atoms with Gasteiger partial charge in [0.2, 0.25) is 5.56 Å². The number of anilines is 2. The molecule has 0 aliphatic rings. The van der Waals surface area contributed by atoms with Crippen molar-refractivity contribution in [3.05, 3.63) is 107 Å². The van der Waals surface area contributed by atoms with Crippen molar-refractivity contribution in [2.24, 2.45) is 0 Å². The highest BCUT2D eigenvalue weighted by Gasteiger charge is 2.05. The first kappa shape index (κ1) is 18.3. The molecule has 0 fully saturated rings. The Kier molecular flexibility index (Phi) is 4.81. The van der Waals surface area contributed by atoms with Crippen LogP contribution in [0.15, 0.2) is 89.9 Å². The molecule has 30 heavy (non-hydrogen) atoms. The second-order valence-corrected chi connectivity index (χ2v) is 7.63. The first-order valence-corrected chi connectivity index (χ1v) is 10.3. The summed E-state index contributed by atoms with van der Waals surface area (Å²) in [4.78, 5) is 18.2. The molecule has 0 saturated heterocycles. The van der Waals surface area contributed by atoms with E-state index in [0.29, 0.717) is 0 Å². The van der Waals surface area contributed by atoms with Crippen molar-refractivity contribution < 1.29 is 0 Å². The second kappa shape index (κ2) is 7.91. The van der Waals surface area contributed by atoms with Crippen LogP contribution < -0.4 is 10.9 Å². The molecule has 0 radical (unpaired) electrons. The molecule has 4 heteroatoms. The summed E-state index contributed by atoms with van der Waals surface area (Å²) in [6.07, 6.45) is 5.33. The SMILES string of the molecule is O=c1cc(Nc2ccc(CCCc3c[nH]c4ccccc34)cc2)c2ccccc2[nH]1. The number of aromatic nitrogens is 2. The Balaban J connectivity index is 1.25. The fraction of sp³-hybridized carbons (Fsp3) is 0.115. The first-order chi connectivity index (χ1) is 14.8. The van der Waals surface area contributed by atoms with Gasteiger partial charge in [-0.3, -0.25) is 4.79 Å². The fourth-order valence-corrected chi connectivity index (χ4v) is 4.04. The number of para-hydroxylation sites is 2. The van der Waals surface area contributed by atoms with Crippen LogP contribution in [0.3, 0.4) is 0 Å². The fourth-order valence-electron chi connectivity index (χ4n) is 4.04. The summed E-state index contributed by atoms with van der Waals surface area (Å²) in [6.45, 7) is 0. The predicted molar refractivity (Wildman–Crippen MR) is 125 cm³/mol. The number of benzene rings is 3. The van der Waals surface area contributed by atoms with Crippen LogP contribution in [0.1, 0.15) is 17.5 Å². The van der Waals surface area contributed by atoms with E-state index in [-0.39, 0.29) is 5.56 Å². The maximum Gasteiger partial charge on any atom is 0.250 e. The summed E-state index contributed by atoms with van der Waals surface area (Å²) in [5.41, 5.74) is 6.43. The number of aromatic amines is 2. The maximum atomic E-state index is 11.9. The Morgan fingerprint density at radius 2 is 1.50 bits per heavy atom. The van der Waals surface area contributed by atoms with Crippen LogP contribution >= 0.6 is 0 Å². The van der Waals surface area contributed by atoms with E-state index >= 15 is 0 Å². The van der Waals surface area contributed by atoms with E-state index < -0.39 is 0 Å². The molecule has 5 aromatic rings. The van der Waals surface area contributed by atoms with E-state index in [9.17, 15) is 4.79 Å². The Hall–Kier alpha value is -3.79. The third-order valence-electron chi connectivity index (χ3n) is 5.57. The van der Waals surface area contributed by atoms with E-state index in [1.165, 1.54) is 22.0 Å². The zero-order chi connectivity index (χ0) is 20.3. The average Bonchev–Trinajstić information content (AvgIpc) is 3.18. The smallest absolute Gasteiger partial charge is 0.250 e. The molecule has 5 rings (SSSR count). The quantitative estimate of drug-likeness (QED) is 0.335. The van der Waals surface area contributed by atoms with Crippen LogP contribution in [-0.4, -0.2) is 9.97 Å². The molecule has 0 amide bonds. The second-order valence-electron chi connectivity index (χ2n) is 7.63. The molecule has 148 valence electrons. The maximum absolute atomic E-state index is 11.9. The van der Waals surface area contributed by atoms with Gasteiger partial charge >= 0.3 is 0 Å². The normalized spacial score (nSPS) is 11.2. The molecular weight excluding hydrogens is 370 g/mol. The van der Waals surface area contributed by atoms with Gasteiger partial charge in [-0.2, -0.15) is 0 Å². The number of H-pyrrole nitrogens is 2. The van der Waals surface area contributed by atoms with E-state index in [0.717, 1.165) is 41.5 Å². The molecule has 3 aromatic carbocycles. The molecule has 0 aliphatic heterocycles. The lowest BCUT2D eigenvalue weighted by Gasteiger charge is -2.10. The van der Waals surface area contributed by atoms with E-state index in [1.807, 2.05) is 24.3 Å². The monoisotopic (exact) mass is 393 g/mol. The zero-order valence-corrected chi connectivity index (χ0v) is 16.6. The minimum absolute atomic E-state index is 0.106. The Morgan fingerprint density at radius 1 is 0.767 bits per heavy atom. The molecule has 0 saturated carbocycles. The van der Waals surface area contributed by atoms with Crippen LogP contribution in [0.4, 0.5) is 11.4 Å². The van der Waals surface area contributed by atoms with E-state index in [4.69, 9.17) is 0 Å². The lowest BCUT2D eigenvalue weighted by Crippen LogP contribution is -2.06. The zero-order valence-electron chi connectivity index (χ0n) is 16.6. The van der Waals surface area contributed by atoms with Crippen molar-refractivity contribution >= 4 is 33.2 Å². The molecular formula is C26H23N3O. The van der Waals surface area contributed by atoms with Gasteiger partial charge in [-0.15, -0.1) is 0 Å². The minimum atomic E-state index is -0.106. The van der Waals surface area contributed by atoms with Crippen LogP contribution in [0.25, 0.3) is 21.8 Å². The van der Waals surface area contributed by atoms with Crippen LogP contribution in [0.2, 0.25) is 0 Å². The summed E-state index contributed by atoms with van der Waals surface area (Å²) in [5, 5.41) is 5.71. The van der Waals surface area contributed by atoms with Gasteiger partial charge in [0.05, 0.1) is 11.2 Å². The van der Waals surface area contributed by atoms with Crippen molar-refractivity contribution in [2.45, 2.75) is 19.3 Å². The van der Waals surface area contributed by atoms with Crippen molar-refractivity contribution in [3.63, 3.8) is 0 Å². The van der Waals surface area contributed by atoms with Crippen molar-refractivity contribution in [1.82, 2.24) is 9.97 Å². The van der Waals surface area contributed by atoms with Gasteiger partial charge < -0.3 is 15.3 Å². The Labute approximate surface area is 174 Å². The highest BCUT2D eigenvalue weighted by atomic mass is 16.1. The third-order valence-corrected chi connectivity index (χ3v) is 5.57. The Morgan fingerprint density at radius 3 is 2.33 bits per heavy atom. The van der Waals surface area contributed by atoms with Gasteiger partial charge in [-0.25, -0.2) is 0 Å². The lowest BCUT2D eigenvalue weighted by molar-refractivity contribution is 0.825. The average molecular weight is 393 g/mol. The molecule has 3 N–H and O–H groups in total. The van der Waals surface area contributed by atoms with Gasteiger partial charge in [-0.1, -0.05) is 48.5 Å². The van der Waals surface area contributed by atoms with Crippen LogP contribution in [-0.2, 0) is 12.8 Å². The molecule has 0 bridgehead atoms. The highest BCUT2D eigenvalue weighted by Crippen LogP contribution is 2.24. The van der Waals surface area contributed by atoms with E-state index in [1.54, 1.807) is 6.07 Å². The number of nitrogens with one attached hydrogen (secondary N) is 3. The van der Waals surface area contributed by atoms with Gasteiger partial charge in [0, 0.05) is 34.2 Å².